The summed E-state index contributed by atoms with van der Waals surface area (Å²) in [4.78, 5) is 41.4. The van der Waals surface area contributed by atoms with Crippen molar-refractivity contribution < 1.29 is 29.0 Å². The summed E-state index contributed by atoms with van der Waals surface area (Å²) in [6.45, 7) is 2.12. The number of anilines is 1. The minimum Gasteiger partial charge on any atom is -0.493 e. The highest BCUT2D eigenvalue weighted by Crippen LogP contribution is 2.37. The zero-order valence-corrected chi connectivity index (χ0v) is 26.1. The highest BCUT2D eigenvalue weighted by Gasteiger charge is 2.17. The summed E-state index contributed by atoms with van der Waals surface area (Å²) in [6.07, 6.45) is 6.74. The van der Waals surface area contributed by atoms with Crippen molar-refractivity contribution in [1.29, 1.82) is 0 Å². The van der Waals surface area contributed by atoms with Crippen LogP contribution in [0.15, 0.2) is 90.0 Å². The van der Waals surface area contributed by atoms with Gasteiger partial charge in [-0.3, -0.25) is 24.6 Å². The van der Waals surface area contributed by atoms with Crippen molar-refractivity contribution in [2.75, 3.05) is 19.0 Å². The van der Waals surface area contributed by atoms with Gasteiger partial charge in [0.1, 0.15) is 11.5 Å². The Kier molecular flexibility index (Phi) is 10.8. The first-order chi connectivity index (χ1) is 22.9. The number of aryl methyl sites for hydroxylation is 1. The summed E-state index contributed by atoms with van der Waals surface area (Å²) in [5, 5.41) is 16.3. The first kappa shape index (κ1) is 32.6. The third-order valence-corrected chi connectivity index (χ3v) is 7.34. The first-order valence-electron chi connectivity index (χ1n) is 15.1. The SMILES string of the molecule is COc1cc2c(Oc3ccc(NC(=O)c4nn(-c5ccccc5)cc(C)c4=O)cc3)ccnc2cc1OCCCCCCC(=O)NO. The second-order valence-corrected chi connectivity index (χ2v) is 10.7. The van der Waals surface area contributed by atoms with Crippen molar-refractivity contribution in [3.8, 4) is 28.7 Å². The maximum absolute atomic E-state index is 13.1. The van der Waals surface area contributed by atoms with Gasteiger partial charge < -0.3 is 19.5 Å². The van der Waals surface area contributed by atoms with Gasteiger partial charge in [0.2, 0.25) is 11.3 Å². The van der Waals surface area contributed by atoms with Crippen LogP contribution in [-0.2, 0) is 4.79 Å². The van der Waals surface area contributed by atoms with Crippen molar-refractivity contribution in [3.63, 3.8) is 0 Å². The van der Waals surface area contributed by atoms with E-state index in [-0.39, 0.29) is 18.0 Å². The van der Waals surface area contributed by atoms with Crippen molar-refractivity contribution in [2.24, 2.45) is 0 Å². The van der Waals surface area contributed by atoms with E-state index in [2.05, 4.69) is 15.4 Å². The molecule has 5 rings (SSSR count). The fourth-order valence-corrected chi connectivity index (χ4v) is 4.86. The van der Waals surface area contributed by atoms with Gasteiger partial charge >= 0.3 is 0 Å². The van der Waals surface area contributed by atoms with Crippen LogP contribution in [0.3, 0.4) is 0 Å². The molecule has 0 fully saturated rings. The second-order valence-electron chi connectivity index (χ2n) is 10.7. The van der Waals surface area contributed by atoms with Crippen molar-refractivity contribution >= 4 is 28.4 Å². The molecule has 2 aromatic heterocycles. The maximum atomic E-state index is 13.1. The van der Waals surface area contributed by atoms with Crippen LogP contribution in [-0.4, -0.2) is 45.5 Å². The Bertz CT molecular complexity index is 1910. The molecule has 12 heteroatoms. The van der Waals surface area contributed by atoms with Crippen LogP contribution in [0.5, 0.6) is 23.0 Å². The molecule has 0 saturated carbocycles. The Hall–Kier alpha value is -5.75. The number of hydroxylamine groups is 1. The Labute approximate surface area is 270 Å². The molecule has 0 unspecified atom stereocenters. The molecule has 0 atom stereocenters. The van der Waals surface area contributed by atoms with E-state index in [0.29, 0.717) is 52.8 Å². The number of carbonyl (C=O) groups is 2. The van der Waals surface area contributed by atoms with Gasteiger partial charge in [0.15, 0.2) is 17.2 Å². The topological polar surface area (TPSA) is 154 Å². The molecule has 2 heterocycles. The van der Waals surface area contributed by atoms with Gasteiger partial charge in [0, 0.05) is 41.5 Å². The minimum absolute atomic E-state index is 0.209. The van der Waals surface area contributed by atoms with E-state index in [0.717, 1.165) is 30.3 Å². The number of aromatic nitrogens is 3. The van der Waals surface area contributed by atoms with Gasteiger partial charge in [-0.2, -0.15) is 5.10 Å². The number of nitrogens with zero attached hydrogens (tertiary/aromatic N) is 3. The summed E-state index contributed by atoms with van der Waals surface area (Å²) < 4.78 is 19.3. The average molecular weight is 638 g/mol. The van der Waals surface area contributed by atoms with Gasteiger partial charge in [-0.1, -0.05) is 31.0 Å². The van der Waals surface area contributed by atoms with Gasteiger partial charge in [0.25, 0.3) is 5.91 Å². The largest absolute Gasteiger partial charge is 0.493 e. The van der Waals surface area contributed by atoms with Crippen LogP contribution < -0.4 is 30.4 Å². The van der Waals surface area contributed by atoms with Crippen molar-refractivity contribution in [1.82, 2.24) is 20.2 Å². The number of fused-ring (bicyclic) bond motifs is 1. The van der Waals surface area contributed by atoms with Gasteiger partial charge in [-0.15, -0.1) is 0 Å². The van der Waals surface area contributed by atoms with Crippen molar-refractivity contribution in [2.45, 2.75) is 39.0 Å². The number of methoxy groups -OCH3 is 1. The maximum Gasteiger partial charge on any atom is 0.280 e. The minimum atomic E-state index is -0.616. The third kappa shape index (κ3) is 8.30. The zero-order valence-electron chi connectivity index (χ0n) is 26.1. The quantitative estimate of drug-likeness (QED) is 0.0758. The van der Waals surface area contributed by atoms with Gasteiger partial charge in [-0.05, 0) is 68.3 Å². The average Bonchev–Trinajstić information content (AvgIpc) is 3.09. The summed E-state index contributed by atoms with van der Waals surface area (Å²) in [6, 6.07) is 21.4. The third-order valence-electron chi connectivity index (χ3n) is 7.34. The second kappa shape index (κ2) is 15.5. The van der Waals surface area contributed by atoms with E-state index in [1.54, 1.807) is 68.3 Å². The van der Waals surface area contributed by atoms with E-state index < -0.39 is 11.3 Å². The lowest BCUT2D eigenvalue weighted by molar-refractivity contribution is -0.129. The highest BCUT2D eigenvalue weighted by atomic mass is 16.5. The monoisotopic (exact) mass is 637 g/mol. The molecule has 0 spiro atoms. The summed E-state index contributed by atoms with van der Waals surface area (Å²) in [5.74, 6) is 1.16. The van der Waals surface area contributed by atoms with Crippen molar-refractivity contribution in [3.05, 3.63) is 107 Å². The first-order valence-corrected chi connectivity index (χ1v) is 15.1. The number of ether oxygens (including phenoxy) is 3. The van der Waals surface area contributed by atoms with Crippen LogP contribution in [0.4, 0.5) is 5.69 Å². The number of rotatable bonds is 14. The molecular formula is C35H35N5O7. The van der Waals surface area contributed by atoms with E-state index >= 15 is 0 Å². The Morgan fingerprint density at radius 1 is 0.915 bits per heavy atom. The number of benzene rings is 3. The lowest BCUT2D eigenvalue weighted by Crippen LogP contribution is -2.27. The summed E-state index contributed by atoms with van der Waals surface area (Å²) in [7, 11) is 1.56. The molecule has 0 aliphatic carbocycles. The number of para-hydroxylation sites is 1. The molecule has 47 heavy (non-hydrogen) atoms. The number of amides is 2. The molecule has 5 aromatic rings. The Morgan fingerprint density at radius 3 is 2.43 bits per heavy atom. The molecule has 0 bridgehead atoms. The molecule has 12 nitrogen and oxygen atoms in total. The molecule has 0 saturated heterocycles. The van der Waals surface area contributed by atoms with Crippen LogP contribution in [0.1, 0.15) is 48.2 Å². The summed E-state index contributed by atoms with van der Waals surface area (Å²) in [5.41, 5.74) is 3.24. The van der Waals surface area contributed by atoms with E-state index in [4.69, 9.17) is 19.4 Å². The molecule has 0 aliphatic heterocycles. The smallest absolute Gasteiger partial charge is 0.280 e. The van der Waals surface area contributed by atoms with E-state index in [1.807, 2.05) is 36.4 Å². The van der Waals surface area contributed by atoms with Gasteiger partial charge in [-0.25, -0.2) is 10.2 Å². The number of hydrogen-bond donors (Lipinski definition) is 3. The molecule has 242 valence electrons. The Morgan fingerprint density at radius 2 is 1.68 bits per heavy atom. The zero-order chi connectivity index (χ0) is 33.2. The molecule has 0 aliphatic rings. The molecule has 0 radical (unpaired) electrons. The predicted molar refractivity (Wildman–Crippen MR) is 176 cm³/mol. The van der Waals surface area contributed by atoms with Crippen LogP contribution in [0.2, 0.25) is 0 Å². The lowest BCUT2D eigenvalue weighted by atomic mass is 10.1. The Balaban J connectivity index is 1.23. The highest BCUT2D eigenvalue weighted by molar-refractivity contribution is 6.02. The van der Waals surface area contributed by atoms with E-state index in [1.165, 1.54) is 4.68 Å². The summed E-state index contributed by atoms with van der Waals surface area (Å²) >= 11 is 0. The molecule has 3 aromatic carbocycles. The van der Waals surface area contributed by atoms with Crippen LogP contribution >= 0.6 is 0 Å². The molecule has 2 amide bonds. The number of carbonyl (C=O) groups excluding carboxylic acids is 2. The fourth-order valence-electron chi connectivity index (χ4n) is 4.86. The standard InChI is InChI=1S/C35H35N5O7/c1-23-22-40(25-10-6-5-7-11-25)38-33(34(23)42)35(43)37-24-13-15-26(16-14-24)47-29-17-18-36-28-21-31(30(45-2)20-27(28)29)46-19-9-4-3-8-12-32(41)39-44/h5-7,10-11,13-18,20-22,44H,3-4,8-9,12,19H2,1-2H3,(H,37,43)(H,39,41). The fraction of sp³-hybridized carbons (Fsp3) is 0.229. The number of unbranched alkanes of at least 4 members (excludes halogenated alkanes) is 3. The number of nitrogens with one attached hydrogen (secondary N) is 2. The van der Waals surface area contributed by atoms with E-state index in [9.17, 15) is 14.4 Å². The van der Waals surface area contributed by atoms with Gasteiger partial charge in [0.05, 0.1) is 24.9 Å². The van der Waals surface area contributed by atoms with Crippen LogP contribution in [0.25, 0.3) is 16.6 Å². The lowest BCUT2D eigenvalue weighted by Gasteiger charge is -2.14. The normalized spacial score (nSPS) is 10.8. The number of pyridine rings is 1. The molecule has 3 N–H and O–H groups in total. The van der Waals surface area contributed by atoms with Crippen LogP contribution in [0, 0.1) is 6.92 Å². The predicted octanol–water partition coefficient (Wildman–Crippen LogP) is 5.98. The molecular weight excluding hydrogens is 602 g/mol. The number of hydrogen-bond acceptors (Lipinski definition) is 9.